The Labute approximate surface area is 155 Å². The van der Waals surface area contributed by atoms with Gasteiger partial charge in [0.05, 0.1) is 10.7 Å². The minimum Gasteiger partial charge on any atom is -0.323 e. The SMILES string of the molecule is O=C(CN1C(=O)N[C@@]2(CCc3ccccc32)C1=O)Nc1ccccc1Cl. The molecule has 4 amide bonds. The molecule has 2 aromatic carbocycles. The van der Waals surface area contributed by atoms with Crippen LogP contribution in [0.5, 0.6) is 0 Å². The predicted molar refractivity (Wildman–Crippen MR) is 96.8 cm³/mol. The summed E-state index contributed by atoms with van der Waals surface area (Å²) in [5.41, 5.74) is 1.24. The van der Waals surface area contributed by atoms with Crippen LogP contribution in [0.3, 0.4) is 0 Å². The standard InChI is InChI=1S/C19H16ClN3O3/c20-14-7-3-4-8-15(14)21-16(24)11-23-17(25)19(22-18(23)26)10-9-12-5-1-2-6-13(12)19/h1-8H,9-11H2,(H,21,24)(H,22,26)/t19-/m1/s1. The van der Waals surface area contributed by atoms with Gasteiger partial charge in [-0.15, -0.1) is 0 Å². The van der Waals surface area contributed by atoms with Crippen LogP contribution in [-0.2, 0) is 21.5 Å². The van der Waals surface area contributed by atoms with Gasteiger partial charge >= 0.3 is 6.03 Å². The molecule has 2 N–H and O–H groups in total. The molecule has 0 radical (unpaired) electrons. The van der Waals surface area contributed by atoms with Crippen LogP contribution in [0.1, 0.15) is 17.5 Å². The summed E-state index contributed by atoms with van der Waals surface area (Å²) in [6.45, 7) is -0.361. The largest absolute Gasteiger partial charge is 0.325 e. The van der Waals surface area contributed by atoms with Crippen molar-refractivity contribution >= 4 is 35.1 Å². The Morgan fingerprint density at radius 3 is 2.69 bits per heavy atom. The van der Waals surface area contributed by atoms with Crippen LogP contribution in [0.2, 0.25) is 5.02 Å². The molecule has 7 heteroatoms. The lowest BCUT2D eigenvalue weighted by molar-refractivity contribution is -0.134. The van der Waals surface area contributed by atoms with Crippen molar-refractivity contribution in [1.29, 1.82) is 0 Å². The Morgan fingerprint density at radius 2 is 1.88 bits per heavy atom. The maximum Gasteiger partial charge on any atom is 0.325 e. The number of nitrogens with one attached hydrogen (secondary N) is 2. The van der Waals surface area contributed by atoms with Gasteiger partial charge in [0, 0.05) is 0 Å². The van der Waals surface area contributed by atoms with Crippen molar-refractivity contribution in [3.05, 3.63) is 64.7 Å². The number of fused-ring (bicyclic) bond motifs is 2. The summed E-state index contributed by atoms with van der Waals surface area (Å²) in [7, 11) is 0. The highest BCUT2D eigenvalue weighted by atomic mass is 35.5. The van der Waals surface area contributed by atoms with Gasteiger partial charge in [0.15, 0.2) is 0 Å². The van der Waals surface area contributed by atoms with E-state index in [-0.39, 0.29) is 12.5 Å². The topological polar surface area (TPSA) is 78.5 Å². The molecule has 1 spiro atoms. The van der Waals surface area contributed by atoms with Crippen molar-refractivity contribution in [2.45, 2.75) is 18.4 Å². The van der Waals surface area contributed by atoms with Crippen molar-refractivity contribution in [1.82, 2.24) is 10.2 Å². The van der Waals surface area contributed by atoms with Gasteiger partial charge in [-0.25, -0.2) is 4.79 Å². The molecule has 1 heterocycles. The van der Waals surface area contributed by atoms with Crippen molar-refractivity contribution in [3.8, 4) is 0 Å². The highest BCUT2D eigenvalue weighted by molar-refractivity contribution is 6.33. The first-order valence-electron chi connectivity index (χ1n) is 8.28. The molecule has 6 nitrogen and oxygen atoms in total. The number of aryl methyl sites for hydroxylation is 1. The van der Waals surface area contributed by atoms with Crippen LogP contribution in [0.15, 0.2) is 48.5 Å². The van der Waals surface area contributed by atoms with Crippen molar-refractivity contribution < 1.29 is 14.4 Å². The number of anilines is 1. The molecule has 1 aliphatic carbocycles. The van der Waals surface area contributed by atoms with Gasteiger partial charge < -0.3 is 10.6 Å². The lowest BCUT2D eigenvalue weighted by atomic mass is 9.92. The Bertz CT molecular complexity index is 930. The van der Waals surface area contributed by atoms with Crippen LogP contribution >= 0.6 is 11.6 Å². The molecule has 0 saturated carbocycles. The molecular formula is C19H16ClN3O3. The number of benzene rings is 2. The number of carbonyl (C=O) groups excluding carboxylic acids is 3. The zero-order valence-corrected chi connectivity index (χ0v) is 14.5. The second-order valence-corrected chi connectivity index (χ2v) is 6.82. The molecule has 4 rings (SSSR count). The van der Waals surface area contributed by atoms with Crippen LogP contribution in [0.25, 0.3) is 0 Å². The van der Waals surface area contributed by atoms with E-state index in [0.717, 1.165) is 16.0 Å². The zero-order chi connectivity index (χ0) is 18.3. The summed E-state index contributed by atoms with van der Waals surface area (Å²) in [5.74, 6) is -0.869. The maximum atomic E-state index is 13.0. The second-order valence-electron chi connectivity index (χ2n) is 6.41. The summed E-state index contributed by atoms with van der Waals surface area (Å²) in [5, 5.41) is 5.82. The van der Waals surface area contributed by atoms with E-state index in [1.165, 1.54) is 0 Å². The van der Waals surface area contributed by atoms with E-state index in [1.54, 1.807) is 24.3 Å². The molecular weight excluding hydrogens is 354 g/mol. The van der Waals surface area contributed by atoms with E-state index in [2.05, 4.69) is 10.6 Å². The number of urea groups is 1. The van der Waals surface area contributed by atoms with Crippen LogP contribution < -0.4 is 10.6 Å². The molecule has 0 bridgehead atoms. The number of hydrogen-bond acceptors (Lipinski definition) is 3. The van der Waals surface area contributed by atoms with E-state index < -0.39 is 17.5 Å². The number of carbonyl (C=O) groups is 3. The quantitative estimate of drug-likeness (QED) is 0.816. The summed E-state index contributed by atoms with van der Waals surface area (Å²) in [6.07, 6.45) is 1.21. The molecule has 1 fully saturated rings. The van der Waals surface area contributed by atoms with Crippen LogP contribution in [-0.4, -0.2) is 29.3 Å². The fraction of sp³-hybridized carbons (Fsp3) is 0.211. The third kappa shape index (κ3) is 2.54. The molecule has 1 atom stereocenters. The predicted octanol–water partition coefficient (Wildman–Crippen LogP) is 2.67. The molecule has 26 heavy (non-hydrogen) atoms. The first kappa shape index (κ1) is 16.6. The molecule has 0 aromatic heterocycles. The van der Waals surface area contributed by atoms with E-state index in [4.69, 9.17) is 11.6 Å². The maximum absolute atomic E-state index is 13.0. The van der Waals surface area contributed by atoms with E-state index >= 15 is 0 Å². The van der Waals surface area contributed by atoms with E-state index in [9.17, 15) is 14.4 Å². The third-order valence-electron chi connectivity index (χ3n) is 4.87. The monoisotopic (exact) mass is 369 g/mol. The van der Waals surface area contributed by atoms with Crippen LogP contribution in [0.4, 0.5) is 10.5 Å². The van der Waals surface area contributed by atoms with Gasteiger partial charge in [-0.2, -0.15) is 0 Å². The third-order valence-corrected chi connectivity index (χ3v) is 5.20. The lowest BCUT2D eigenvalue weighted by Crippen LogP contribution is -2.43. The molecule has 1 aliphatic heterocycles. The summed E-state index contributed by atoms with van der Waals surface area (Å²) < 4.78 is 0. The van der Waals surface area contributed by atoms with Crippen LogP contribution in [0, 0.1) is 0 Å². The lowest BCUT2D eigenvalue weighted by Gasteiger charge is -2.22. The highest BCUT2D eigenvalue weighted by Crippen LogP contribution is 2.41. The van der Waals surface area contributed by atoms with E-state index in [1.807, 2.05) is 24.3 Å². The fourth-order valence-corrected chi connectivity index (χ4v) is 3.81. The number of nitrogens with zero attached hydrogens (tertiary/aromatic N) is 1. The first-order valence-corrected chi connectivity index (χ1v) is 8.66. The number of hydrogen-bond donors (Lipinski definition) is 2. The Kier molecular flexibility index (Phi) is 3.92. The average Bonchev–Trinajstić information content (AvgIpc) is 3.11. The number of halogens is 1. The molecule has 132 valence electrons. The highest BCUT2D eigenvalue weighted by Gasteiger charge is 2.55. The van der Waals surface area contributed by atoms with Gasteiger partial charge in [0.25, 0.3) is 5.91 Å². The van der Waals surface area contributed by atoms with Crippen molar-refractivity contribution in [2.75, 3.05) is 11.9 Å². The second kappa shape index (κ2) is 6.14. The minimum absolute atomic E-state index is 0.361. The molecule has 0 unspecified atom stereocenters. The van der Waals surface area contributed by atoms with Gasteiger partial charge in [0.2, 0.25) is 5.91 Å². The number of rotatable bonds is 3. The van der Waals surface area contributed by atoms with Gasteiger partial charge in [-0.1, -0.05) is 48.0 Å². The number of imide groups is 1. The van der Waals surface area contributed by atoms with Gasteiger partial charge in [-0.05, 0) is 36.1 Å². The summed E-state index contributed by atoms with van der Waals surface area (Å²) >= 11 is 6.02. The Balaban J connectivity index is 1.54. The van der Waals surface area contributed by atoms with Crippen molar-refractivity contribution in [3.63, 3.8) is 0 Å². The number of para-hydroxylation sites is 1. The van der Waals surface area contributed by atoms with E-state index in [0.29, 0.717) is 23.6 Å². The minimum atomic E-state index is -1.06. The number of amides is 4. The first-order chi connectivity index (χ1) is 12.5. The molecule has 2 aromatic rings. The normalized spacial score (nSPS) is 21.0. The smallest absolute Gasteiger partial charge is 0.323 e. The fourth-order valence-electron chi connectivity index (χ4n) is 3.63. The van der Waals surface area contributed by atoms with Gasteiger partial charge in [-0.3, -0.25) is 14.5 Å². The summed E-state index contributed by atoms with van der Waals surface area (Å²) in [6, 6.07) is 13.8. The Hall–Kier alpha value is -2.86. The Morgan fingerprint density at radius 1 is 1.15 bits per heavy atom. The van der Waals surface area contributed by atoms with Gasteiger partial charge in [0.1, 0.15) is 12.1 Å². The zero-order valence-electron chi connectivity index (χ0n) is 13.8. The summed E-state index contributed by atoms with van der Waals surface area (Å²) in [4.78, 5) is 38.7. The van der Waals surface area contributed by atoms with Crippen molar-refractivity contribution in [2.24, 2.45) is 0 Å². The molecule has 1 saturated heterocycles. The average molecular weight is 370 g/mol. The molecule has 2 aliphatic rings.